The molecule has 0 aliphatic carbocycles. The maximum atomic E-state index is 11.2. The second kappa shape index (κ2) is 12.1. The Labute approximate surface area is 163 Å². The molecule has 1 aromatic carbocycles. The molecule has 28 heavy (non-hydrogen) atoms. The number of rotatable bonds is 7. The molecule has 0 spiro atoms. The monoisotopic (exact) mass is 389 g/mol. The van der Waals surface area contributed by atoms with Crippen molar-refractivity contribution < 1.29 is 14.3 Å². The Morgan fingerprint density at radius 2 is 1.75 bits per heavy atom. The molecule has 10 N–H and O–H groups in total. The number of esters is 1. The molecule has 0 aliphatic rings. The highest BCUT2D eigenvalue weighted by molar-refractivity contribution is 5.90. The highest BCUT2D eigenvalue weighted by Crippen LogP contribution is 2.20. The summed E-state index contributed by atoms with van der Waals surface area (Å²) in [5.41, 5.74) is 22.6. The van der Waals surface area contributed by atoms with Gasteiger partial charge in [-0.1, -0.05) is 12.1 Å². The van der Waals surface area contributed by atoms with Crippen molar-refractivity contribution >= 4 is 34.9 Å². The smallest absolute Gasteiger partial charge is 0.312 e. The van der Waals surface area contributed by atoms with E-state index in [0.717, 1.165) is 0 Å². The fraction of sp³-hybridized carbons (Fsp3) is 0.278. The van der Waals surface area contributed by atoms with E-state index in [4.69, 9.17) is 27.7 Å². The minimum Gasteiger partial charge on any atom is -0.424 e. The van der Waals surface area contributed by atoms with E-state index in [1.54, 1.807) is 43.4 Å². The summed E-state index contributed by atoms with van der Waals surface area (Å²) in [4.78, 5) is 26.2. The number of carbonyl (C=O) groups is 2. The van der Waals surface area contributed by atoms with Gasteiger partial charge in [-0.05, 0) is 31.3 Å². The first kappa shape index (κ1) is 22.7. The lowest BCUT2D eigenvalue weighted by atomic mass is 10.3. The van der Waals surface area contributed by atoms with Crippen molar-refractivity contribution in [3.05, 3.63) is 36.4 Å². The van der Waals surface area contributed by atoms with Crippen molar-refractivity contribution in [3.63, 3.8) is 0 Å². The summed E-state index contributed by atoms with van der Waals surface area (Å²) in [7, 11) is 1.78. The molecular weight excluding hydrogens is 362 g/mol. The number of hydrogen-bond donors (Lipinski definition) is 6. The number of anilines is 4. The maximum Gasteiger partial charge on any atom is 0.312 e. The quantitative estimate of drug-likeness (QED) is 0.220. The number of nitrogen functional groups attached to an aromatic ring is 3. The third-order valence-corrected chi connectivity index (χ3v) is 3.32. The molecule has 0 radical (unpaired) electrons. The zero-order valence-electron chi connectivity index (χ0n) is 15.8. The lowest BCUT2D eigenvalue weighted by Crippen LogP contribution is -2.17. The SMILES string of the molecule is CNCCC(=O)Oc1ccccc1N.NCCC(=O)Nc1ccc(N)c(N)n1. The Bertz CT molecular complexity index is 784. The average molecular weight is 389 g/mol. The van der Waals surface area contributed by atoms with Crippen LogP contribution in [0.1, 0.15) is 12.8 Å². The topological polar surface area (TPSA) is 184 Å². The number of ether oxygens (including phenoxy) is 1. The molecule has 0 fully saturated rings. The summed E-state index contributed by atoms with van der Waals surface area (Å²) in [6.07, 6.45) is 0.594. The van der Waals surface area contributed by atoms with Crippen LogP contribution < -0.4 is 38.3 Å². The van der Waals surface area contributed by atoms with Gasteiger partial charge in [-0.3, -0.25) is 9.59 Å². The van der Waals surface area contributed by atoms with Crippen LogP contribution in [-0.4, -0.2) is 37.0 Å². The molecular formula is C18H27N7O3. The second-order valence-corrected chi connectivity index (χ2v) is 5.62. The summed E-state index contributed by atoms with van der Waals surface area (Å²) in [5.74, 6) is 0.542. The normalized spacial score (nSPS) is 9.79. The summed E-state index contributed by atoms with van der Waals surface area (Å²) in [6, 6.07) is 10.1. The molecule has 10 heteroatoms. The largest absolute Gasteiger partial charge is 0.424 e. The molecule has 0 unspecified atom stereocenters. The minimum atomic E-state index is -0.280. The third kappa shape index (κ3) is 8.34. The van der Waals surface area contributed by atoms with Crippen LogP contribution in [0.25, 0.3) is 0 Å². The first-order valence-corrected chi connectivity index (χ1v) is 8.59. The van der Waals surface area contributed by atoms with Gasteiger partial charge in [0.1, 0.15) is 11.6 Å². The summed E-state index contributed by atoms with van der Waals surface area (Å²) in [6.45, 7) is 0.905. The lowest BCUT2D eigenvalue weighted by molar-refractivity contribution is -0.134. The molecule has 10 nitrogen and oxygen atoms in total. The number of para-hydroxylation sites is 2. The Hall–Kier alpha value is -3.37. The van der Waals surface area contributed by atoms with Crippen LogP contribution in [0.4, 0.5) is 23.0 Å². The molecule has 0 saturated carbocycles. The number of aromatic nitrogens is 1. The van der Waals surface area contributed by atoms with Crippen LogP contribution >= 0.6 is 0 Å². The Balaban J connectivity index is 0.000000280. The number of hydrogen-bond acceptors (Lipinski definition) is 9. The third-order valence-electron chi connectivity index (χ3n) is 3.32. The van der Waals surface area contributed by atoms with Crippen molar-refractivity contribution in [1.29, 1.82) is 0 Å². The molecule has 1 heterocycles. The van der Waals surface area contributed by atoms with Gasteiger partial charge in [0.25, 0.3) is 0 Å². The number of nitrogens with two attached hydrogens (primary N) is 4. The van der Waals surface area contributed by atoms with Crippen LogP contribution in [0.15, 0.2) is 36.4 Å². The molecule has 2 rings (SSSR count). The Morgan fingerprint density at radius 3 is 2.36 bits per heavy atom. The fourth-order valence-electron chi connectivity index (χ4n) is 1.87. The Kier molecular flexibility index (Phi) is 9.79. The molecule has 2 aromatic rings. The molecule has 152 valence electrons. The predicted molar refractivity (Wildman–Crippen MR) is 110 cm³/mol. The maximum absolute atomic E-state index is 11.2. The molecule has 0 atom stereocenters. The summed E-state index contributed by atoms with van der Waals surface area (Å²) >= 11 is 0. The van der Waals surface area contributed by atoms with E-state index in [-0.39, 0.29) is 24.1 Å². The zero-order valence-corrected chi connectivity index (χ0v) is 15.8. The van der Waals surface area contributed by atoms with Gasteiger partial charge < -0.3 is 38.3 Å². The van der Waals surface area contributed by atoms with E-state index >= 15 is 0 Å². The van der Waals surface area contributed by atoms with Gasteiger partial charge in [0, 0.05) is 19.5 Å². The second-order valence-electron chi connectivity index (χ2n) is 5.62. The van der Waals surface area contributed by atoms with Crippen molar-refractivity contribution in [3.8, 4) is 5.75 Å². The van der Waals surface area contributed by atoms with Crippen LogP contribution in [-0.2, 0) is 9.59 Å². The van der Waals surface area contributed by atoms with Gasteiger partial charge >= 0.3 is 5.97 Å². The highest BCUT2D eigenvalue weighted by Gasteiger charge is 2.06. The van der Waals surface area contributed by atoms with Crippen molar-refractivity contribution in [2.24, 2.45) is 5.73 Å². The van der Waals surface area contributed by atoms with Crippen molar-refractivity contribution in [2.75, 3.05) is 42.7 Å². The van der Waals surface area contributed by atoms with E-state index in [2.05, 4.69) is 15.6 Å². The number of benzene rings is 1. The van der Waals surface area contributed by atoms with Crippen molar-refractivity contribution in [2.45, 2.75) is 12.8 Å². The molecule has 0 saturated heterocycles. The van der Waals surface area contributed by atoms with Crippen LogP contribution in [0.2, 0.25) is 0 Å². The van der Waals surface area contributed by atoms with E-state index in [1.165, 1.54) is 0 Å². The van der Waals surface area contributed by atoms with E-state index in [9.17, 15) is 9.59 Å². The minimum absolute atomic E-state index is 0.191. The number of nitrogens with zero attached hydrogens (tertiary/aromatic N) is 1. The van der Waals surface area contributed by atoms with Gasteiger partial charge in [0.15, 0.2) is 5.75 Å². The van der Waals surface area contributed by atoms with Gasteiger partial charge in [-0.25, -0.2) is 4.98 Å². The number of carbonyl (C=O) groups excluding carboxylic acids is 2. The number of nitrogens with one attached hydrogen (secondary N) is 2. The van der Waals surface area contributed by atoms with Crippen LogP contribution in [0, 0.1) is 0 Å². The van der Waals surface area contributed by atoms with Gasteiger partial charge in [0.05, 0.1) is 17.8 Å². The lowest BCUT2D eigenvalue weighted by Gasteiger charge is -2.05. The number of pyridine rings is 1. The standard InChI is InChI=1S/C10H14N2O2.C8H13N5O/c1-12-7-6-10(13)14-9-5-3-2-4-8(9)11;9-4-3-7(14)12-6-2-1-5(10)8(11)13-6/h2-5,12H,6-7,11H2,1H3;1-2H,3-4,9-10H2,(H3,11,12,13,14). The number of amides is 1. The summed E-state index contributed by atoms with van der Waals surface area (Å²) < 4.78 is 5.04. The zero-order chi connectivity index (χ0) is 20.9. The highest BCUT2D eigenvalue weighted by atomic mass is 16.5. The molecule has 0 bridgehead atoms. The summed E-state index contributed by atoms with van der Waals surface area (Å²) in [5, 5.41) is 5.41. The van der Waals surface area contributed by atoms with E-state index < -0.39 is 0 Å². The van der Waals surface area contributed by atoms with E-state index in [0.29, 0.717) is 42.5 Å². The van der Waals surface area contributed by atoms with Crippen LogP contribution in [0.5, 0.6) is 5.75 Å². The van der Waals surface area contributed by atoms with E-state index in [1.807, 2.05) is 0 Å². The van der Waals surface area contributed by atoms with Gasteiger partial charge in [0.2, 0.25) is 5.91 Å². The van der Waals surface area contributed by atoms with Crippen molar-refractivity contribution in [1.82, 2.24) is 10.3 Å². The average Bonchev–Trinajstić information content (AvgIpc) is 2.66. The first-order chi connectivity index (χ1) is 13.4. The molecule has 1 aromatic heterocycles. The first-order valence-electron chi connectivity index (χ1n) is 8.59. The Morgan fingerprint density at radius 1 is 1.04 bits per heavy atom. The predicted octanol–water partition coefficient (Wildman–Crippen LogP) is 0.317. The fourth-order valence-corrected chi connectivity index (χ4v) is 1.87. The van der Waals surface area contributed by atoms with Gasteiger partial charge in [-0.2, -0.15) is 0 Å². The molecule has 1 amide bonds. The van der Waals surface area contributed by atoms with Crippen LogP contribution in [0.3, 0.4) is 0 Å². The van der Waals surface area contributed by atoms with Gasteiger partial charge in [-0.15, -0.1) is 0 Å². The molecule has 0 aliphatic heterocycles.